The van der Waals surface area contributed by atoms with Crippen molar-refractivity contribution in [2.75, 3.05) is 0 Å². The van der Waals surface area contributed by atoms with Crippen LogP contribution in [-0.2, 0) is 6.61 Å². The van der Waals surface area contributed by atoms with Gasteiger partial charge in [-0.1, -0.05) is 12.1 Å². The number of aliphatic hydroxyl groups is 1. The van der Waals surface area contributed by atoms with Crippen molar-refractivity contribution in [3.05, 3.63) is 48.5 Å². The zero-order chi connectivity index (χ0) is 11.7. The van der Waals surface area contributed by atoms with Crippen LogP contribution in [-0.4, -0.2) is 20.1 Å². The number of imidazole rings is 1. The second-order valence-electron chi connectivity index (χ2n) is 3.82. The largest absolute Gasteiger partial charge is 0.388 e. The van der Waals surface area contributed by atoms with Crippen LogP contribution >= 0.6 is 0 Å². The van der Waals surface area contributed by atoms with Gasteiger partial charge >= 0.3 is 0 Å². The SMILES string of the molecule is OCc1nc2ccc(-c3cccnc3)cc2[nH]1. The summed E-state index contributed by atoms with van der Waals surface area (Å²) in [4.78, 5) is 11.4. The Bertz CT molecular complexity index is 646. The maximum Gasteiger partial charge on any atom is 0.133 e. The van der Waals surface area contributed by atoms with Gasteiger partial charge in [-0.15, -0.1) is 0 Å². The van der Waals surface area contributed by atoms with E-state index in [1.54, 1.807) is 6.20 Å². The van der Waals surface area contributed by atoms with E-state index < -0.39 is 0 Å². The standard InChI is InChI=1S/C13H11N3O/c17-8-13-15-11-4-3-9(6-12(11)16-13)10-2-1-5-14-7-10/h1-7,17H,8H2,(H,15,16). The number of benzene rings is 1. The molecule has 2 heterocycles. The first-order valence-corrected chi connectivity index (χ1v) is 5.37. The van der Waals surface area contributed by atoms with Crippen molar-refractivity contribution < 1.29 is 5.11 Å². The minimum Gasteiger partial charge on any atom is -0.388 e. The van der Waals surface area contributed by atoms with Gasteiger partial charge in [0.15, 0.2) is 0 Å². The number of aromatic nitrogens is 3. The summed E-state index contributed by atoms with van der Waals surface area (Å²) < 4.78 is 0. The van der Waals surface area contributed by atoms with Crippen molar-refractivity contribution in [3.8, 4) is 11.1 Å². The molecule has 4 nitrogen and oxygen atoms in total. The third-order valence-corrected chi connectivity index (χ3v) is 2.68. The summed E-state index contributed by atoms with van der Waals surface area (Å²) in [5, 5.41) is 9.02. The van der Waals surface area contributed by atoms with E-state index in [1.165, 1.54) is 0 Å². The molecule has 2 N–H and O–H groups in total. The number of H-pyrrole nitrogens is 1. The average Bonchev–Trinajstić information content (AvgIpc) is 2.81. The second kappa shape index (κ2) is 3.99. The van der Waals surface area contributed by atoms with Gasteiger partial charge in [0.05, 0.1) is 11.0 Å². The van der Waals surface area contributed by atoms with Gasteiger partial charge in [0.2, 0.25) is 0 Å². The average molecular weight is 225 g/mol. The van der Waals surface area contributed by atoms with Gasteiger partial charge in [0.1, 0.15) is 12.4 Å². The van der Waals surface area contributed by atoms with E-state index >= 15 is 0 Å². The zero-order valence-electron chi connectivity index (χ0n) is 9.09. The van der Waals surface area contributed by atoms with E-state index in [0.717, 1.165) is 22.2 Å². The lowest BCUT2D eigenvalue weighted by Crippen LogP contribution is -1.83. The fraction of sp³-hybridized carbons (Fsp3) is 0.0769. The molecule has 0 amide bonds. The van der Waals surface area contributed by atoms with E-state index in [4.69, 9.17) is 5.11 Å². The molecule has 0 bridgehead atoms. The third kappa shape index (κ3) is 1.79. The lowest BCUT2D eigenvalue weighted by molar-refractivity contribution is 0.273. The van der Waals surface area contributed by atoms with Gasteiger partial charge in [0, 0.05) is 18.0 Å². The molecule has 0 aliphatic heterocycles. The summed E-state index contributed by atoms with van der Waals surface area (Å²) in [6.45, 7) is -0.0725. The fourth-order valence-corrected chi connectivity index (χ4v) is 1.85. The number of nitrogens with zero attached hydrogens (tertiary/aromatic N) is 2. The number of nitrogens with one attached hydrogen (secondary N) is 1. The van der Waals surface area contributed by atoms with Crippen molar-refractivity contribution in [1.82, 2.24) is 15.0 Å². The summed E-state index contributed by atoms with van der Waals surface area (Å²) in [5.74, 6) is 0.586. The smallest absolute Gasteiger partial charge is 0.133 e. The number of hydrogen-bond acceptors (Lipinski definition) is 3. The van der Waals surface area contributed by atoms with Crippen LogP contribution in [0.4, 0.5) is 0 Å². The highest BCUT2D eigenvalue weighted by Crippen LogP contribution is 2.22. The molecule has 0 saturated carbocycles. The van der Waals surface area contributed by atoms with Crippen LogP contribution in [0.25, 0.3) is 22.2 Å². The molecular formula is C13H11N3O. The molecule has 84 valence electrons. The molecule has 0 fully saturated rings. The van der Waals surface area contributed by atoms with Crippen molar-refractivity contribution in [2.45, 2.75) is 6.61 Å². The fourth-order valence-electron chi connectivity index (χ4n) is 1.85. The molecule has 0 unspecified atom stereocenters. The molecule has 4 heteroatoms. The molecule has 1 aromatic carbocycles. The van der Waals surface area contributed by atoms with Crippen LogP contribution in [0.3, 0.4) is 0 Å². The topological polar surface area (TPSA) is 61.8 Å². The summed E-state index contributed by atoms with van der Waals surface area (Å²) >= 11 is 0. The molecule has 0 saturated heterocycles. The number of aliphatic hydroxyl groups excluding tert-OH is 1. The molecular weight excluding hydrogens is 214 g/mol. The van der Waals surface area contributed by atoms with Crippen molar-refractivity contribution >= 4 is 11.0 Å². The van der Waals surface area contributed by atoms with Crippen LogP contribution in [0.5, 0.6) is 0 Å². The predicted octanol–water partition coefficient (Wildman–Crippen LogP) is 2.12. The number of rotatable bonds is 2. The zero-order valence-corrected chi connectivity index (χ0v) is 9.09. The van der Waals surface area contributed by atoms with Crippen molar-refractivity contribution in [1.29, 1.82) is 0 Å². The molecule has 17 heavy (non-hydrogen) atoms. The van der Waals surface area contributed by atoms with Crippen LogP contribution in [0, 0.1) is 0 Å². The molecule has 0 radical (unpaired) electrons. The Morgan fingerprint density at radius 1 is 1.18 bits per heavy atom. The Balaban J connectivity index is 2.13. The van der Waals surface area contributed by atoms with Gasteiger partial charge in [-0.2, -0.15) is 0 Å². The van der Waals surface area contributed by atoms with Crippen LogP contribution < -0.4 is 0 Å². The minimum absolute atomic E-state index is 0.0725. The molecule has 2 aromatic heterocycles. The Kier molecular flexibility index (Phi) is 2.34. The summed E-state index contributed by atoms with van der Waals surface area (Å²) in [5.41, 5.74) is 3.94. The second-order valence-corrected chi connectivity index (χ2v) is 3.82. The number of pyridine rings is 1. The monoisotopic (exact) mass is 225 g/mol. The Morgan fingerprint density at radius 2 is 2.12 bits per heavy atom. The normalized spacial score (nSPS) is 10.9. The Morgan fingerprint density at radius 3 is 2.88 bits per heavy atom. The number of hydrogen-bond donors (Lipinski definition) is 2. The number of aromatic amines is 1. The van der Waals surface area contributed by atoms with E-state index in [1.807, 2.05) is 36.5 Å². The van der Waals surface area contributed by atoms with Gasteiger partial charge in [-0.05, 0) is 23.8 Å². The van der Waals surface area contributed by atoms with Gasteiger partial charge in [-0.25, -0.2) is 4.98 Å². The first-order chi connectivity index (χ1) is 8.36. The quantitative estimate of drug-likeness (QED) is 0.702. The first kappa shape index (κ1) is 9.99. The van der Waals surface area contributed by atoms with E-state index in [2.05, 4.69) is 15.0 Å². The highest BCUT2D eigenvalue weighted by atomic mass is 16.3. The Labute approximate surface area is 98.0 Å². The minimum atomic E-state index is -0.0725. The van der Waals surface area contributed by atoms with Gasteiger partial charge in [0.25, 0.3) is 0 Å². The molecule has 0 spiro atoms. The third-order valence-electron chi connectivity index (χ3n) is 2.68. The van der Waals surface area contributed by atoms with Crippen molar-refractivity contribution in [3.63, 3.8) is 0 Å². The van der Waals surface area contributed by atoms with E-state index in [9.17, 15) is 0 Å². The lowest BCUT2D eigenvalue weighted by Gasteiger charge is -1.99. The molecule has 3 rings (SSSR count). The van der Waals surface area contributed by atoms with Crippen molar-refractivity contribution in [2.24, 2.45) is 0 Å². The molecule has 0 aliphatic rings. The first-order valence-electron chi connectivity index (χ1n) is 5.37. The molecule has 3 aromatic rings. The summed E-state index contributed by atoms with van der Waals surface area (Å²) in [6, 6.07) is 9.87. The van der Waals surface area contributed by atoms with Gasteiger partial charge in [-0.3, -0.25) is 4.98 Å². The van der Waals surface area contributed by atoms with Crippen LogP contribution in [0.15, 0.2) is 42.7 Å². The maximum atomic E-state index is 9.02. The van der Waals surface area contributed by atoms with Crippen LogP contribution in [0.2, 0.25) is 0 Å². The lowest BCUT2D eigenvalue weighted by atomic mass is 10.1. The highest BCUT2D eigenvalue weighted by molar-refractivity contribution is 5.81. The van der Waals surface area contributed by atoms with Gasteiger partial charge < -0.3 is 10.1 Å². The highest BCUT2D eigenvalue weighted by Gasteiger charge is 2.04. The predicted molar refractivity (Wildman–Crippen MR) is 65.2 cm³/mol. The summed E-state index contributed by atoms with van der Waals surface area (Å²) in [6.07, 6.45) is 3.58. The van der Waals surface area contributed by atoms with E-state index in [0.29, 0.717) is 5.82 Å². The Hall–Kier alpha value is -2.20. The van der Waals surface area contributed by atoms with E-state index in [-0.39, 0.29) is 6.61 Å². The number of fused-ring (bicyclic) bond motifs is 1. The van der Waals surface area contributed by atoms with Crippen LogP contribution in [0.1, 0.15) is 5.82 Å². The summed E-state index contributed by atoms with van der Waals surface area (Å²) in [7, 11) is 0. The maximum absolute atomic E-state index is 9.02. The molecule has 0 aliphatic carbocycles. The molecule has 0 atom stereocenters.